The molecular formula is C22H26ClN3O4S. The van der Waals surface area contributed by atoms with E-state index in [-0.39, 0.29) is 16.7 Å². The number of morpholine rings is 1. The van der Waals surface area contributed by atoms with E-state index in [4.69, 9.17) is 16.3 Å². The van der Waals surface area contributed by atoms with Crippen LogP contribution in [0.2, 0.25) is 5.02 Å². The minimum atomic E-state index is -3.96. The van der Waals surface area contributed by atoms with Crippen molar-refractivity contribution < 1.29 is 17.9 Å². The molecule has 0 unspecified atom stereocenters. The number of amides is 1. The van der Waals surface area contributed by atoms with Crippen molar-refractivity contribution in [2.24, 2.45) is 5.92 Å². The van der Waals surface area contributed by atoms with Gasteiger partial charge < -0.3 is 15.0 Å². The number of halogens is 1. The minimum absolute atomic E-state index is 0.0137. The molecule has 0 spiro atoms. The highest BCUT2D eigenvalue weighted by Crippen LogP contribution is 2.33. The highest BCUT2D eigenvalue weighted by Gasteiger charge is 2.27. The van der Waals surface area contributed by atoms with E-state index in [0.717, 1.165) is 25.7 Å². The van der Waals surface area contributed by atoms with Crippen LogP contribution in [0, 0.1) is 5.92 Å². The van der Waals surface area contributed by atoms with Crippen molar-refractivity contribution >= 4 is 44.6 Å². The second-order valence-corrected chi connectivity index (χ2v) is 9.90. The molecule has 1 saturated heterocycles. The van der Waals surface area contributed by atoms with Gasteiger partial charge in [0.2, 0.25) is 5.91 Å². The van der Waals surface area contributed by atoms with Crippen LogP contribution in [0.3, 0.4) is 0 Å². The fourth-order valence-electron chi connectivity index (χ4n) is 4.05. The summed E-state index contributed by atoms with van der Waals surface area (Å²) in [5.74, 6) is -0.0701. The topological polar surface area (TPSA) is 87.7 Å². The number of benzene rings is 2. The molecule has 2 aliphatic rings. The molecule has 2 aromatic rings. The number of carbonyl (C=O) groups excluding carboxylic acids is 1. The van der Waals surface area contributed by atoms with Crippen LogP contribution in [-0.2, 0) is 19.6 Å². The zero-order valence-electron chi connectivity index (χ0n) is 17.1. The van der Waals surface area contributed by atoms with E-state index >= 15 is 0 Å². The van der Waals surface area contributed by atoms with Crippen molar-refractivity contribution in [2.75, 3.05) is 41.2 Å². The van der Waals surface area contributed by atoms with Crippen LogP contribution < -0.4 is 14.9 Å². The predicted molar refractivity (Wildman–Crippen MR) is 122 cm³/mol. The first kappa shape index (κ1) is 21.9. The highest BCUT2D eigenvalue weighted by molar-refractivity contribution is 7.93. The lowest BCUT2D eigenvalue weighted by Crippen LogP contribution is -2.37. The largest absolute Gasteiger partial charge is 0.378 e. The van der Waals surface area contributed by atoms with Crippen molar-refractivity contribution in [3.05, 3.63) is 47.5 Å². The Balaban J connectivity index is 1.67. The lowest BCUT2D eigenvalue weighted by atomic mass is 10.1. The molecule has 7 nitrogen and oxygen atoms in total. The van der Waals surface area contributed by atoms with Crippen molar-refractivity contribution in [3.8, 4) is 0 Å². The lowest BCUT2D eigenvalue weighted by molar-refractivity contribution is -0.119. The maximum Gasteiger partial charge on any atom is 0.264 e. The Bertz CT molecular complexity index is 1050. The Hall–Kier alpha value is -2.29. The number of anilines is 3. The zero-order chi connectivity index (χ0) is 21.8. The van der Waals surface area contributed by atoms with Gasteiger partial charge >= 0.3 is 0 Å². The molecule has 1 heterocycles. The fourth-order valence-corrected chi connectivity index (χ4v) is 5.62. The number of hydrogen-bond acceptors (Lipinski definition) is 5. The van der Waals surface area contributed by atoms with Gasteiger partial charge in [-0.2, -0.15) is 0 Å². The van der Waals surface area contributed by atoms with Gasteiger partial charge in [0.15, 0.2) is 0 Å². The van der Waals surface area contributed by atoms with E-state index in [1.54, 1.807) is 36.4 Å². The first-order valence-electron chi connectivity index (χ1n) is 10.5. The summed E-state index contributed by atoms with van der Waals surface area (Å²) >= 11 is 6.17. The van der Waals surface area contributed by atoms with Gasteiger partial charge in [0.25, 0.3) is 10.0 Å². The predicted octanol–water partition coefficient (Wildman–Crippen LogP) is 4.11. The Morgan fingerprint density at radius 3 is 2.48 bits per heavy atom. The van der Waals surface area contributed by atoms with E-state index in [2.05, 4.69) is 10.0 Å². The molecule has 0 bridgehead atoms. The number of carbonyl (C=O) groups is 1. The Labute approximate surface area is 187 Å². The first-order chi connectivity index (χ1) is 14.9. The third kappa shape index (κ3) is 5.14. The summed E-state index contributed by atoms with van der Waals surface area (Å²) < 4.78 is 34.7. The SMILES string of the molecule is O=C(Nc1ccc(N2CCOCC2)c(S(=O)(=O)Nc2ccccc2Cl)c1)C1CCCC1. The number of hydrogen-bond donors (Lipinski definition) is 2. The van der Waals surface area contributed by atoms with E-state index in [0.29, 0.717) is 48.4 Å². The smallest absolute Gasteiger partial charge is 0.264 e. The van der Waals surface area contributed by atoms with Gasteiger partial charge in [0.1, 0.15) is 4.90 Å². The van der Waals surface area contributed by atoms with E-state index in [9.17, 15) is 13.2 Å². The summed E-state index contributed by atoms with van der Waals surface area (Å²) in [6, 6.07) is 11.7. The number of nitrogens with zero attached hydrogens (tertiary/aromatic N) is 1. The minimum Gasteiger partial charge on any atom is -0.378 e. The van der Waals surface area contributed by atoms with Gasteiger partial charge in [-0.25, -0.2) is 8.42 Å². The molecule has 1 aliphatic carbocycles. The molecule has 1 saturated carbocycles. The first-order valence-corrected chi connectivity index (χ1v) is 12.3. The number of para-hydroxylation sites is 1. The van der Waals surface area contributed by atoms with E-state index in [1.165, 1.54) is 6.07 Å². The van der Waals surface area contributed by atoms with Gasteiger partial charge in [-0.05, 0) is 43.2 Å². The summed E-state index contributed by atoms with van der Waals surface area (Å²) in [6.45, 7) is 2.22. The fraction of sp³-hybridized carbons (Fsp3) is 0.409. The van der Waals surface area contributed by atoms with Crippen LogP contribution in [0.4, 0.5) is 17.1 Å². The van der Waals surface area contributed by atoms with Gasteiger partial charge in [0, 0.05) is 24.7 Å². The maximum absolute atomic E-state index is 13.4. The summed E-state index contributed by atoms with van der Waals surface area (Å²) in [5.41, 5.74) is 1.34. The monoisotopic (exact) mass is 463 g/mol. The number of rotatable bonds is 6. The van der Waals surface area contributed by atoms with Crippen LogP contribution >= 0.6 is 11.6 Å². The molecule has 1 amide bonds. The number of sulfonamides is 1. The Kier molecular flexibility index (Phi) is 6.69. The zero-order valence-corrected chi connectivity index (χ0v) is 18.7. The average molecular weight is 464 g/mol. The summed E-state index contributed by atoms with van der Waals surface area (Å²) in [5, 5.41) is 3.21. The third-order valence-corrected chi connectivity index (χ3v) is 7.44. The molecule has 0 aromatic heterocycles. The van der Waals surface area contributed by atoms with Crippen molar-refractivity contribution in [1.29, 1.82) is 0 Å². The Morgan fingerprint density at radius 1 is 1.06 bits per heavy atom. The van der Waals surface area contributed by atoms with Crippen LogP contribution in [0.25, 0.3) is 0 Å². The molecule has 2 N–H and O–H groups in total. The van der Waals surface area contributed by atoms with Crippen LogP contribution in [0.5, 0.6) is 0 Å². The van der Waals surface area contributed by atoms with Gasteiger partial charge in [-0.15, -0.1) is 0 Å². The van der Waals surface area contributed by atoms with Gasteiger partial charge in [0.05, 0.1) is 29.6 Å². The van der Waals surface area contributed by atoms with Crippen LogP contribution in [-0.4, -0.2) is 40.6 Å². The standard InChI is InChI=1S/C22H26ClN3O4S/c23-18-7-3-4-8-19(18)25-31(28,29)21-15-17(24-22(27)16-5-1-2-6-16)9-10-20(21)26-11-13-30-14-12-26/h3-4,7-10,15-16,25H,1-2,5-6,11-14H2,(H,24,27). The van der Waals surface area contributed by atoms with E-state index < -0.39 is 10.0 Å². The molecular weight excluding hydrogens is 438 g/mol. The van der Waals surface area contributed by atoms with Crippen molar-refractivity contribution in [3.63, 3.8) is 0 Å². The normalized spacial score (nSPS) is 17.5. The molecule has 0 radical (unpaired) electrons. The quantitative estimate of drug-likeness (QED) is 0.673. The molecule has 0 atom stereocenters. The maximum atomic E-state index is 13.4. The van der Waals surface area contributed by atoms with Gasteiger partial charge in [-0.3, -0.25) is 9.52 Å². The average Bonchev–Trinajstić information content (AvgIpc) is 3.31. The molecule has 2 aromatic carbocycles. The summed E-state index contributed by atoms with van der Waals surface area (Å²) in [4.78, 5) is 14.7. The molecule has 9 heteroatoms. The molecule has 166 valence electrons. The van der Waals surface area contributed by atoms with Gasteiger partial charge in [-0.1, -0.05) is 36.6 Å². The lowest BCUT2D eigenvalue weighted by Gasteiger charge is -2.30. The second kappa shape index (κ2) is 9.46. The Morgan fingerprint density at radius 2 is 1.77 bits per heavy atom. The molecule has 2 fully saturated rings. The van der Waals surface area contributed by atoms with Crippen molar-refractivity contribution in [1.82, 2.24) is 0 Å². The summed E-state index contributed by atoms with van der Waals surface area (Å²) in [6.07, 6.45) is 3.85. The second-order valence-electron chi connectivity index (χ2n) is 7.84. The van der Waals surface area contributed by atoms with Crippen molar-refractivity contribution in [2.45, 2.75) is 30.6 Å². The van der Waals surface area contributed by atoms with Crippen LogP contribution in [0.1, 0.15) is 25.7 Å². The summed E-state index contributed by atoms with van der Waals surface area (Å²) in [7, 11) is -3.96. The molecule has 31 heavy (non-hydrogen) atoms. The molecule has 1 aliphatic heterocycles. The molecule has 4 rings (SSSR count). The van der Waals surface area contributed by atoms with Crippen LogP contribution in [0.15, 0.2) is 47.4 Å². The number of ether oxygens (including phenoxy) is 1. The number of nitrogens with one attached hydrogen (secondary N) is 2. The highest BCUT2D eigenvalue weighted by atomic mass is 35.5. The van der Waals surface area contributed by atoms with E-state index in [1.807, 2.05) is 4.90 Å². The third-order valence-electron chi connectivity index (χ3n) is 5.71.